The molecule has 1 aromatic rings. The normalized spacial score (nSPS) is 30.2. The number of anilines is 1. The number of aromatic nitrogens is 2. The molecule has 1 aromatic heterocycles. The zero-order chi connectivity index (χ0) is 15.3. The molecule has 1 aliphatic heterocycles. The Morgan fingerprint density at radius 3 is 2.81 bits per heavy atom. The lowest BCUT2D eigenvalue weighted by atomic mass is 9.65. The van der Waals surface area contributed by atoms with Crippen LogP contribution >= 0.6 is 0 Å². The number of carbonyl (C=O) groups is 1. The number of hydrogen-bond acceptors (Lipinski definition) is 4. The van der Waals surface area contributed by atoms with E-state index in [0.717, 1.165) is 24.1 Å². The molecule has 1 fully saturated rings. The van der Waals surface area contributed by atoms with Gasteiger partial charge in [0, 0.05) is 11.8 Å². The van der Waals surface area contributed by atoms with Crippen molar-refractivity contribution in [3.63, 3.8) is 0 Å². The molecule has 1 aliphatic carbocycles. The topological polar surface area (TPSA) is 64.1 Å². The van der Waals surface area contributed by atoms with Crippen molar-refractivity contribution in [2.75, 3.05) is 5.32 Å². The standard InChI is InChI=1S/C16H23N3O2/c1-10-5-6-16(4,15(10,2)3)13(20)19-14-17-7-11-8-21-9-12(11)18-14/h7,10H,5-6,8-9H2,1-4H3,(H,17,18,19,20)/t10-,16-/m0/s1. The van der Waals surface area contributed by atoms with Crippen LogP contribution in [0.1, 0.15) is 51.8 Å². The Balaban J connectivity index is 1.80. The Labute approximate surface area is 125 Å². The Hall–Kier alpha value is -1.49. The van der Waals surface area contributed by atoms with Crippen molar-refractivity contribution in [2.45, 2.75) is 53.8 Å². The number of amides is 1. The lowest BCUT2D eigenvalue weighted by Crippen LogP contribution is -2.43. The highest BCUT2D eigenvalue weighted by atomic mass is 16.5. The van der Waals surface area contributed by atoms with Gasteiger partial charge >= 0.3 is 0 Å². The number of carbonyl (C=O) groups excluding carboxylic acids is 1. The molecule has 0 aromatic carbocycles. The molecule has 5 nitrogen and oxygen atoms in total. The van der Waals surface area contributed by atoms with E-state index in [1.165, 1.54) is 0 Å². The van der Waals surface area contributed by atoms with Crippen molar-refractivity contribution in [3.05, 3.63) is 17.5 Å². The summed E-state index contributed by atoms with van der Waals surface area (Å²) >= 11 is 0. The molecule has 2 aliphatic rings. The van der Waals surface area contributed by atoms with E-state index in [-0.39, 0.29) is 16.7 Å². The summed E-state index contributed by atoms with van der Waals surface area (Å²) in [7, 11) is 0. The van der Waals surface area contributed by atoms with Crippen LogP contribution in [0.15, 0.2) is 6.20 Å². The summed E-state index contributed by atoms with van der Waals surface area (Å²) in [4.78, 5) is 21.4. The molecule has 2 heterocycles. The number of nitrogens with zero attached hydrogens (tertiary/aromatic N) is 2. The second kappa shape index (κ2) is 4.77. The molecule has 1 saturated carbocycles. The van der Waals surface area contributed by atoms with Crippen LogP contribution in [0.25, 0.3) is 0 Å². The smallest absolute Gasteiger partial charge is 0.233 e. The van der Waals surface area contributed by atoms with Gasteiger partial charge in [-0.3, -0.25) is 10.1 Å². The zero-order valence-electron chi connectivity index (χ0n) is 13.2. The average molecular weight is 289 g/mol. The number of fused-ring (bicyclic) bond motifs is 1. The van der Waals surface area contributed by atoms with Crippen molar-refractivity contribution in [1.29, 1.82) is 0 Å². The van der Waals surface area contributed by atoms with Gasteiger partial charge in [0.1, 0.15) is 0 Å². The van der Waals surface area contributed by atoms with Crippen molar-refractivity contribution < 1.29 is 9.53 Å². The van der Waals surface area contributed by atoms with E-state index >= 15 is 0 Å². The van der Waals surface area contributed by atoms with Crippen LogP contribution in [-0.2, 0) is 22.7 Å². The maximum Gasteiger partial charge on any atom is 0.233 e. The lowest BCUT2D eigenvalue weighted by Gasteiger charge is -2.39. The summed E-state index contributed by atoms with van der Waals surface area (Å²) in [6.45, 7) is 9.71. The summed E-state index contributed by atoms with van der Waals surface area (Å²) in [5.74, 6) is 0.944. The molecule has 0 saturated heterocycles. The van der Waals surface area contributed by atoms with E-state index in [1.54, 1.807) is 6.20 Å². The molecule has 114 valence electrons. The number of ether oxygens (including phenoxy) is 1. The monoisotopic (exact) mass is 289 g/mol. The average Bonchev–Trinajstić information content (AvgIpc) is 2.98. The maximum atomic E-state index is 12.8. The van der Waals surface area contributed by atoms with Gasteiger partial charge in [0.15, 0.2) is 0 Å². The lowest BCUT2D eigenvalue weighted by molar-refractivity contribution is -0.130. The third kappa shape index (κ3) is 2.14. The highest BCUT2D eigenvalue weighted by Gasteiger charge is 2.54. The summed E-state index contributed by atoms with van der Waals surface area (Å²) in [6, 6.07) is 0. The minimum Gasteiger partial charge on any atom is -0.370 e. The van der Waals surface area contributed by atoms with Gasteiger partial charge in [-0.05, 0) is 24.2 Å². The predicted octanol–water partition coefficient (Wildman–Crippen LogP) is 2.91. The Kier molecular flexibility index (Phi) is 3.28. The van der Waals surface area contributed by atoms with E-state index in [0.29, 0.717) is 25.1 Å². The SMILES string of the molecule is C[C@H]1CC[C@@](C)(C(=O)Nc2ncc3c(n2)COC3)C1(C)C. The Morgan fingerprint density at radius 1 is 1.38 bits per heavy atom. The van der Waals surface area contributed by atoms with Crippen LogP contribution in [-0.4, -0.2) is 15.9 Å². The van der Waals surface area contributed by atoms with Crippen molar-refractivity contribution >= 4 is 11.9 Å². The first-order valence-electron chi connectivity index (χ1n) is 7.58. The molecule has 5 heteroatoms. The minimum absolute atomic E-state index is 0.0238. The van der Waals surface area contributed by atoms with Crippen LogP contribution in [0, 0.1) is 16.7 Å². The highest BCUT2D eigenvalue weighted by Crippen LogP contribution is 2.56. The minimum atomic E-state index is -0.384. The third-order valence-electron chi connectivity index (χ3n) is 5.91. The number of nitrogens with one attached hydrogen (secondary N) is 1. The van der Waals surface area contributed by atoms with Crippen molar-refractivity contribution in [1.82, 2.24) is 9.97 Å². The summed E-state index contributed by atoms with van der Waals surface area (Å²) in [5, 5.41) is 2.91. The van der Waals surface area contributed by atoms with Crippen LogP contribution in [0.3, 0.4) is 0 Å². The first-order valence-corrected chi connectivity index (χ1v) is 7.58. The van der Waals surface area contributed by atoms with Gasteiger partial charge in [0.05, 0.1) is 24.3 Å². The van der Waals surface area contributed by atoms with Crippen molar-refractivity contribution in [2.24, 2.45) is 16.7 Å². The van der Waals surface area contributed by atoms with Crippen LogP contribution in [0.4, 0.5) is 5.95 Å². The highest BCUT2D eigenvalue weighted by molar-refractivity contribution is 5.94. The largest absolute Gasteiger partial charge is 0.370 e. The van der Waals surface area contributed by atoms with Crippen LogP contribution in [0.5, 0.6) is 0 Å². The molecule has 0 bridgehead atoms. The molecular weight excluding hydrogens is 266 g/mol. The molecule has 3 rings (SSSR count). The fraction of sp³-hybridized carbons (Fsp3) is 0.688. The zero-order valence-corrected chi connectivity index (χ0v) is 13.2. The number of rotatable bonds is 2. The van der Waals surface area contributed by atoms with Crippen LogP contribution in [0.2, 0.25) is 0 Å². The Morgan fingerprint density at radius 2 is 2.14 bits per heavy atom. The first-order chi connectivity index (χ1) is 9.84. The second-order valence-electron chi connectivity index (χ2n) is 7.11. The molecule has 0 spiro atoms. The maximum absolute atomic E-state index is 12.8. The molecular formula is C16H23N3O2. The van der Waals surface area contributed by atoms with E-state index in [1.807, 2.05) is 0 Å². The molecule has 21 heavy (non-hydrogen) atoms. The van der Waals surface area contributed by atoms with Gasteiger partial charge in [-0.2, -0.15) is 0 Å². The van der Waals surface area contributed by atoms with Crippen molar-refractivity contribution in [3.8, 4) is 0 Å². The summed E-state index contributed by atoms with van der Waals surface area (Å²) < 4.78 is 5.33. The molecule has 1 N–H and O–H groups in total. The summed E-state index contributed by atoms with van der Waals surface area (Å²) in [6.07, 6.45) is 3.73. The van der Waals surface area contributed by atoms with Crippen LogP contribution < -0.4 is 5.32 Å². The third-order valence-corrected chi connectivity index (χ3v) is 5.91. The van der Waals surface area contributed by atoms with E-state index in [2.05, 4.69) is 43.0 Å². The van der Waals surface area contributed by atoms with Gasteiger partial charge in [-0.15, -0.1) is 0 Å². The van der Waals surface area contributed by atoms with Gasteiger partial charge < -0.3 is 4.74 Å². The van der Waals surface area contributed by atoms with E-state index in [4.69, 9.17) is 4.74 Å². The van der Waals surface area contributed by atoms with E-state index < -0.39 is 0 Å². The predicted molar refractivity (Wildman–Crippen MR) is 79.4 cm³/mol. The number of hydrogen-bond donors (Lipinski definition) is 1. The van der Waals surface area contributed by atoms with Gasteiger partial charge in [-0.1, -0.05) is 27.7 Å². The summed E-state index contributed by atoms with van der Waals surface area (Å²) in [5.41, 5.74) is 1.47. The second-order valence-corrected chi connectivity index (χ2v) is 7.11. The van der Waals surface area contributed by atoms with Gasteiger partial charge in [-0.25, -0.2) is 9.97 Å². The van der Waals surface area contributed by atoms with E-state index in [9.17, 15) is 4.79 Å². The fourth-order valence-electron chi connectivity index (χ4n) is 3.38. The Bertz CT molecular complexity index is 585. The molecule has 2 atom stereocenters. The first kappa shape index (κ1) is 14.4. The van der Waals surface area contributed by atoms with Gasteiger partial charge in [0.25, 0.3) is 0 Å². The molecule has 0 radical (unpaired) electrons. The fourth-order valence-corrected chi connectivity index (χ4v) is 3.38. The molecule has 0 unspecified atom stereocenters. The van der Waals surface area contributed by atoms with Gasteiger partial charge in [0.2, 0.25) is 11.9 Å². The molecule has 1 amide bonds. The quantitative estimate of drug-likeness (QED) is 0.909.